The van der Waals surface area contributed by atoms with Crippen molar-refractivity contribution in [2.75, 3.05) is 6.54 Å². The van der Waals surface area contributed by atoms with Gasteiger partial charge in [-0.2, -0.15) is 0 Å². The summed E-state index contributed by atoms with van der Waals surface area (Å²) in [6.07, 6.45) is 12.9. The van der Waals surface area contributed by atoms with Crippen LogP contribution in [0.25, 0.3) is 0 Å². The lowest BCUT2D eigenvalue weighted by Gasteiger charge is -2.30. The summed E-state index contributed by atoms with van der Waals surface area (Å²) in [5.41, 5.74) is 6.96. The molecular weight excluding hydrogens is 254 g/mol. The number of nitrogens with two attached hydrogens (primary N) is 1. The van der Waals surface area contributed by atoms with Crippen molar-refractivity contribution in [3.8, 4) is 11.8 Å². The van der Waals surface area contributed by atoms with Crippen molar-refractivity contribution in [2.45, 2.75) is 32.6 Å². The lowest BCUT2D eigenvalue weighted by molar-refractivity contribution is 0.374. The highest BCUT2D eigenvalue weighted by atomic mass is 14.5. The van der Waals surface area contributed by atoms with Gasteiger partial charge in [0.25, 0.3) is 0 Å². The Morgan fingerprint density at radius 1 is 1.19 bits per heavy atom. The SMILES string of the molecule is CC1(C#CCCc2ccccc2)C=CC=CC1CCCN. The number of aryl methyl sites for hydroxylation is 1. The van der Waals surface area contributed by atoms with Gasteiger partial charge in [-0.15, -0.1) is 5.92 Å². The fourth-order valence-corrected chi connectivity index (χ4v) is 2.75. The highest BCUT2D eigenvalue weighted by Gasteiger charge is 2.28. The van der Waals surface area contributed by atoms with Crippen LogP contribution in [0.3, 0.4) is 0 Å². The van der Waals surface area contributed by atoms with Gasteiger partial charge in [0.15, 0.2) is 0 Å². The number of rotatable bonds is 5. The topological polar surface area (TPSA) is 26.0 Å². The van der Waals surface area contributed by atoms with Gasteiger partial charge in [0.2, 0.25) is 0 Å². The number of hydrogen-bond acceptors (Lipinski definition) is 1. The first-order chi connectivity index (χ1) is 10.2. The van der Waals surface area contributed by atoms with Crippen LogP contribution in [-0.2, 0) is 6.42 Å². The second-order valence-electron chi connectivity index (χ2n) is 5.85. The van der Waals surface area contributed by atoms with Crippen molar-refractivity contribution in [1.82, 2.24) is 0 Å². The molecule has 0 aliphatic heterocycles. The first-order valence-corrected chi connectivity index (χ1v) is 7.84. The lowest BCUT2D eigenvalue weighted by Crippen LogP contribution is -2.24. The Morgan fingerprint density at radius 2 is 2.00 bits per heavy atom. The zero-order valence-corrected chi connectivity index (χ0v) is 12.9. The maximum Gasteiger partial charge on any atom is 0.0531 e. The number of hydrogen-bond donors (Lipinski definition) is 1. The van der Waals surface area contributed by atoms with Gasteiger partial charge in [0, 0.05) is 6.42 Å². The van der Waals surface area contributed by atoms with Crippen LogP contribution in [0.1, 0.15) is 31.7 Å². The van der Waals surface area contributed by atoms with Gasteiger partial charge in [-0.3, -0.25) is 0 Å². The van der Waals surface area contributed by atoms with Crippen LogP contribution in [0.5, 0.6) is 0 Å². The summed E-state index contributed by atoms with van der Waals surface area (Å²) in [4.78, 5) is 0. The third-order valence-electron chi connectivity index (χ3n) is 4.13. The molecule has 0 bridgehead atoms. The van der Waals surface area contributed by atoms with Crippen LogP contribution >= 0.6 is 0 Å². The predicted octanol–water partition coefficient (Wildman–Crippen LogP) is 4.11. The summed E-state index contributed by atoms with van der Waals surface area (Å²) in [5.74, 6) is 7.36. The van der Waals surface area contributed by atoms with Crippen LogP contribution in [0, 0.1) is 23.2 Å². The summed E-state index contributed by atoms with van der Waals surface area (Å²) in [5, 5.41) is 0. The highest BCUT2D eigenvalue weighted by Crippen LogP contribution is 2.35. The summed E-state index contributed by atoms with van der Waals surface area (Å²) >= 11 is 0. The van der Waals surface area contributed by atoms with Crippen LogP contribution in [0.2, 0.25) is 0 Å². The van der Waals surface area contributed by atoms with E-state index in [1.165, 1.54) is 5.56 Å². The van der Waals surface area contributed by atoms with Crippen molar-refractivity contribution in [2.24, 2.45) is 17.1 Å². The molecule has 1 nitrogen and oxygen atoms in total. The van der Waals surface area contributed by atoms with Gasteiger partial charge in [0.1, 0.15) is 0 Å². The van der Waals surface area contributed by atoms with Crippen molar-refractivity contribution in [3.05, 3.63) is 60.2 Å². The molecule has 2 rings (SSSR count). The molecule has 1 heteroatoms. The van der Waals surface area contributed by atoms with Gasteiger partial charge < -0.3 is 5.73 Å². The van der Waals surface area contributed by atoms with E-state index < -0.39 is 0 Å². The highest BCUT2D eigenvalue weighted by molar-refractivity contribution is 5.29. The molecule has 1 aliphatic rings. The fraction of sp³-hybridized carbons (Fsp3) is 0.400. The third kappa shape index (κ3) is 4.62. The molecule has 1 aromatic carbocycles. The molecular formula is C20H25N. The first-order valence-electron chi connectivity index (χ1n) is 7.84. The van der Waals surface area contributed by atoms with Crippen LogP contribution in [0.15, 0.2) is 54.6 Å². The minimum absolute atomic E-state index is 0.0411. The molecule has 1 aromatic rings. The molecule has 2 atom stereocenters. The van der Waals surface area contributed by atoms with E-state index in [0.717, 1.165) is 32.2 Å². The second kappa shape index (κ2) is 7.86. The quantitative estimate of drug-likeness (QED) is 0.806. The van der Waals surface area contributed by atoms with Gasteiger partial charge in [-0.25, -0.2) is 0 Å². The summed E-state index contributed by atoms with van der Waals surface area (Å²) in [6, 6.07) is 10.5. The van der Waals surface area contributed by atoms with Gasteiger partial charge in [-0.05, 0) is 44.2 Å². The molecule has 0 heterocycles. The lowest BCUT2D eigenvalue weighted by atomic mass is 9.73. The van der Waals surface area contributed by atoms with Crippen molar-refractivity contribution < 1.29 is 0 Å². The monoisotopic (exact) mass is 279 g/mol. The molecule has 0 saturated carbocycles. The second-order valence-corrected chi connectivity index (χ2v) is 5.85. The van der Waals surface area contributed by atoms with E-state index in [1.54, 1.807) is 0 Å². The first kappa shape index (κ1) is 15.6. The fourth-order valence-electron chi connectivity index (χ4n) is 2.75. The van der Waals surface area contributed by atoms with E-state index >= 15 is 0 Å². The molecule has 0 saturated heterocycles. The zero-order valence-electron chi connectivity index (χ0n) is 12.9. The van der Waals surface area contributed by atoms with E-state index in [2.05, 4.69) is 73.4 Å². The van der Waals surface area contributed by atoms with Crippen molar-refractivity contribution >= 4 is 0 Å². The Morgan fingerprint density at radius 3 is 2.76 bits per heavy atom. The van der Waals surface area contributed by atoms with Crippen LogP contribution in [-0.4, -0.2) is 6.54 Å². The van der Waals surface area contributed by atoms with Gasteiger partial charge >= 0.3 is 0 Å². The van der Waals surface area contributed by atoms with Crippen LogP contribution in [0.4, 0.5) is 0 Å². The van der Waals surface area contributed by atoms with Crippen LogP contribution < -0.4 is 5.73 Å². The molecule has 0 fully saturated rings. The standard InChI is InChI=1S/C20H25N/c1-20(16-8-6-13-19(20)14-9-17-21)15-7-5-12-18-10-3-2-4-11-18/h2-4,6,8,10-11,13,16,19H,5,9,12,14,17,21H2,1H3. The third-order valence-corrected chi connectivity index (χ3v) is 4.13. The van der Waals surface area contributed by atoms with Crippen molar-refractivity contribution in [3.63, 3.8) is 0 Å². The smallest absolute Gasteiger partial charge is 0.0531 e. The van der Waals surface area contributed by atoms with E-state index in [0.29, 0.717) is 5.92 Å². The zero-order chi connectivity index (χ0) is 15.0. The van der Waals surface area contributed by atoms with Gasteiger partial charge in [0.05, 0.1) is 5.41 Å². The maximum absolute atomic E-state index is 5.64. The molecule has 2 N–H and O–H groups in total. The normalized spacial score (nSPS) is 23.6. The number of allylic oxidation sites excluding steroid dienone is 4. The summed E-state index contributed by atoms with van der Waals surface area (Å²) in [6.45, 7) is 3.00. The predicted molar refractivity (Wildman–Crippen MR) is 90.7 cm³/mol. The Hall–Kier alpha value is -1.78. The Labute approximate surface area is 128 Å². The molecule has 0 amide bonds. The molecule has 110 valence electrons. The average molecular weight is 279 g/mol. The molecule has 1 aliphatic carbocycles. The van der Waals surface area contributed by atoms with Crippen molar-refractivity contribution in [1.29, 1.82) is 0 Å². The Kier molecular flexibility index (Phi) is 5.84. The molecule has 0 radical (unpaired) electrons. The molecule has 0 aromatic heterocycles. The van der Waals surface area contributed by atoms with E-state index in [1.807, 2.05) is 0 Å². The minimum atomic E-state index is -0.0411. The van der Waals surface area contributed by atoms with E-state index in [9.17, 15) is 0 Å². The summed E-state index contributed by atoms with van der Waals surface area (Å²) < 4.78 is 0. The van der Waals surface area contributed by atoms with E-state index in [-0.39, 0.29) is 5.41 Å². The molecule has 2 unspecified atom stereocenters. The maximum atomic E-state index is 5.64. The van der Waals surface area contributed by atoms with E-state index in [4.69, 9.17) is 5.73 Å². The molecule has 0 spiro atoms. The summed E-state index contributed by atoms with van der Waals surface area (Å²) in [7, 11) is 0. The Balaban J connectivity index is 1.94. The number of benzene rings is 1. The minimum Gasteiger partial charge on any atom is -0.330 e. The average Bonchev–Trinajstić information content (AvgIpc) is 2.52. The largest absolute Gasteiger partial charge is 0.330 e. The van der Waals surface area contributed by atoms with Gasteiger partial charge in [-0.1, -0.05) is 60.6 Å². The Bertz CT molecular complexity index is 544. The molecule has 21 heavy (non-hydrogen) atoms.